The van der Waals surface area contributed by atoms with Crippen LogP contribution in [-0.4, -0.2) is 19.5 Å². The Bertz CT molecular complexity index is 172. The predicted octanol–water partition coefficient (Wildman–Crippen LogP) is 1.01. The van der Waals surface area contributed by atoms with Gasteiger partial charge in [0.25, 0.3) is 0 Å². The van der Waals surface area contributed by atoms with Crippen LogP contribution in [0.4, 0.5) is 0 Å². The molecule has 1 fully saturated rings. The van der Waals surface area contributed by atoms with E-state index >= 15 is 0 Å². The highest BCUT2D eigenvalue weighted by Crippen LogP contribution is 2.30. The maximum atomic E-state index is 10.7. The number of rotatable bonds is 3. The molecule has 1 rings (SSSR count). The first kappa shape index (κ1) is 8.29. The molecule has 0 aliphatic carbocycles. The van der Waals surface area contributed by atoms with Gasteiger partial charge in [-0.2, -0.15) is 0 Å². The van der Waals surface area contributed by atoms with Gasteiger partial charge in [-0.15, -0.1) is 12.3 Å². The van der Waals surface area contributed by atoms with Crippen LogP contribution in [0, 0.1) is 17.8 Å². The summed E-state index contributed by atoms with van der Waals surface area (Å²) in [5, 5.41) is 0. The molecule has 1 saturated heterocycles. The Morgan fingerprint density at radius 2 is 2.55 bits per heavy atom. The molecule has 0 aromatic heterocycles. The van der Waals surface area contributed by atoms with Crippen LogP contribution >= 0.6 is 0 Å². The molecule has 0 aromatic carbocycles. The van der Waals surface area contributed by atoms with Crippen molar-refractivity contribution in [2.24, 2.45) is 5.41 Å². The van der Waals surface area contributed by atoms with Gasteiger partial charge in [-0.25, -0.2) is 0 Å². The monoisotopic (exact) mass is 152 g/mol. The second-order valence-electron chi connectivity index (χ2n) is 2.99. The lowest BCUT2D eigenvalue weighted by Gasteiger charge is -2.17. The summed E-state index contributed by atoms with van der Waals surface area (Å²) in [6.45, 7) is 1.25. The molecular weight excluding hydrogens is 140 g/mol. The summed E-state index contributed by atoms with van der Waals surface area (Å²) < 4.78 is 5.15. The number of carbonyl (C=O) groups is 1. The zero-order valence-electron chi connectivity index (χ0n) is 6.51. The third-order valence-electron chi connectivity index (χ3n) is 2.15. The van der Waals surface area contributed by atoms with Crippen LogP contribution < -0.4 is 0 Å². The molecule has 0 N–H and O–H groups in total. The van der Waals surface area contributed by atoms with Gasteiger partial charge in [0, 0.05) is 13.0 Å². The fraction of sp³-hybridized carbons (Fsp3) is 0.667. The van der Waals surface area contributed by atoms with E-state index in [4.69, 9.17) is 11.2 Å². The van der Waals surface area contributed by atoms with E-state index in [9.17, 15) is 4.79 Å². The molecule has 0 amide bonds. The zero-order chi connectivity index (χ0) is 8.16. The number of hydrogen-bond donors (Lipinski definition) is 0. The lowest BCUT2D eigenvalue weighted by molar-refractivity contribution is -0.116. The first-order chi connectivity index (χ1) is 5.33. The van der Waals surface area contributed by atoms with Gasteiger partial charge in [0.05, 0.1) is 12.0 Å². The summed E-state index contributed by atoms with van der Waals surface area (Å²) in [6, 6.07) is 0. The standard InChI is InChI=1S/C9H12O2/c1-2-3-4-9(7-10)5-6-11-8-9/h1,7H,3-6,8H2. The summed E-state index contributed by atoms with van der Waals surface area (Å²) >= 11 is 0. The van der Waals surface area contributed by atoms with Gasteiger partial charge in [0.2, 0.25) is 0 Å². The van der Waals surface area contributed by atoms with Crippen LogP contribution in [0.2, 0.25) is 0 Å². The fourth-order valence-corrected chi connectivity index (χ4v) is 1.29. The normalized spacial score (nSPS) is 29.7. The second-order valence-corrected chi connectivity index (χ2v) is 2.99. The minimum atomic E-state index is -0.258. The number of terminal acetylenes is 1. The molecule has 2 nitrogen and oxygen atoms in total. The van der Waals surface area contributed by atoms with Crippen molar-refractivity contribution in [1.29, 1.82) is 0 Å². The Morgan fingerprint density at radius 1 is 1.73 bits per heavy atom. The molecule has 0 aromatic rings. The average Bonchev–Trinajstić information content (AvgIpc) is 2.50. The van der Waals surface area contributed by atoms with Crippen LogP contribution in [0.1, 0.15) is 19.3 Å². The Balaban J connectivity index is 2.47. The van der Waals surface area contributed by atoms with E-state index in [-0.39, 0.29) is 5.41 Å². The molecule has 1 aliphatic rings. The maximum absolute atomic E-state index is 10.7. The van der Waals surface area contributed by atoms with Crippen LogP contribution in [0.25, 0.3) is 0 Å². The van der Waals surface area contributed by atoms with Crippen LogP contribution in [0.15, 0.2) is 0 Å². The van der Waals surface area contributed by atoms with Gasteiger partial charge in [-0.3, -0.25) is 0 Å². The first-order valence-electron chi connectivity index (χ1n) is 3.80. The molecule has 2 heteroatoms. The summed E-state index contributed by atoms with van der Waals surface area (Å²) in [6.07, 6.45) is 8.38. The quantitative estimate of drug-likeness (QED) is 0.445. The molecule has 1 heterocycles. The number of hydrogen-bond acceptors (Lipinski definition) is 2. The smallest absolute Gasteiger partial charge is 0.128 e. The summed E-state index contributed by atoms with van der Waals surface area (Å²) in [5.74, 6) is 2.54. The Labute approximate surface area is 66.9 Å². The average molecular weight is 152 g/mol. The van der Waals surface area contributed by atoms with E-state index in [1.807, 2.05) is 0 Å². The third kappa shape index (κ3) is 1.81. The summed E-state index contributed by atoms with van der Waals surface area (Å²) in [4.78, 5) is 10.7. The van der Waals surface area contributed by atoms with E-state index in [2.05, 4.69) is 5.92 Å². The summed E-state index contributed by atoms with van der Waals surface area (Å²) in [5.41, 5.74) is -0.258. The Kier molecular flexibility index (Phi) is 2.67. The molecule has 1 atom stereocenters. The molecule has 0 spiro atoms. The molecule has 60 valence electrons. The minimum absolute atomic E-state index is 0.258. The number of carbonyl (C=O) groups excluding carboxylic acids is 1. The van der Waals surface area contributed by atoms with Crippen LogP contribution in [-0.2, 0) is 9.53 Å². The fourth-order valence-electron chi connectivity index (χ4n) is 1.29. The van der Waals surface area contributed by atoms with Crippen molar-refractivity contribution < 1.29 is 9.53 Å². The van der Waals surface area contributed by atoms with Gasteiger partial charge >= 0.3 is 0 Å². The van der Waals surface area contributed by atoms with Crippen molar-refractivity contribution >= 4 is 6.29 Å². The largest absolute Gasteiger partial charge is 0.380 e. The lowest BCUT2D eigenvalue weighted by Crippen LogP contribution is -2.22. The number of ether oxygens (including phenoxy) is 1. The van der Waals surface area contributed by atoms with Gasteiger partial charge in [-0.05, 0) is 12.8 Å². The van der Waals surface area contributed by atoms with Crippen LogP contribution in [0.3, 0.4) is 0 Å². The van der Waals surface area contributed by atoms with Crippen molar-refractivity contribution in [3.05, 3.63) is 0 Å². The third-order valence-corrected chi connectivity index (χ3v) is 2.15. The molecule has 0 saturated carbocycles. The molecule has 0 bridgehead atoms. The van der Waals surface area contributed by atoms with Gasteiger partial charge in [0.1, 0.15) is 6.29 Å². The van der Waals surface area contributed by atoms with Crippen molar-refractivity contribution in [3.63, 3.8) is 0 Å². The molecule has 0 radical (unpaired) electrons. The van der Waals surface area contributed by atoms with E-state index in [1.54, 1.807) is 0 Å². The highest BCUT2D eigenvalue weighted by Gasteiger charge is 2.33. The molecule has 11 heavy (non-hydrogen) atoms. The van der Waals surface area contributed by atoms with Crippen molar-refractivity contribution in [3.8, 4) is 12.3 Å². The molecule has 1 aliphatic heterocycles. The topological polar surface area (TPSA) is 26.3 Å². The van der Waals surface area contributed by atoms with Gasteiger partial charge < -0.3 is 9.53 Å². The molecular formula is C9H12O2. The van der Waals surface area contributed by atoms with Crippen molar-refractivity contribution in [2.45, 2.75) is 19.3 Å². The second kappa shape index (κ2) is 3.54. The van der Waals surface area contributed by atoms with E-state index in [1.165, 1.54) is 0 Å². The van der Waals surface area contributed by atoms with E-state index in [0.29, 0.717) is 19.6 Å². The minimum Gasteiger partial charge on any atom is -0.380 e. The highest BCUT2D eigenvalue weighted by molar-refractivity contribution is 5.60. The maximum Gasteiger partial charge on any atom is 0.128 e. The van der Waals surface area contributed by atoms with E-state index < -0.39 is 0 Å². The Morgan fingerprint density at radius 3 is 3.00 bits per heavy atom. The Hall–Kier alpha value is -0.810. The van der Waals surface area contributed by atoms with Crippen molar-refractivity contribution in [2.75, 3.05) is 13.2 Å². The first-order valence-corrected chi connectivity index (χ1v) is 3.80. The highest BCUT2D eigenvalue weighted by atomic mass is 16.5. The number of aldehydes is 1. The zero-order valence-corrected chi connectivity index (χ0v) is 6.51. The van der Waals surface area contributed by atoms with Gasteiger partial charge in [0.15, 0.2) is 0 Å². The van der Waals surface area contributed by atoms with E-state index in [0.717, 1.165) is 19.1 Å². The SMILES string of the molecule is C#CCCC1(C=O)CCOC1. The van der Waals surface area contributed by atoms with Gasteiger partial charge in [-0.1, -0.05) is 0 Å². The summed E-state index contributed by atoms with van der Waals surface area (Å²) in [7, 11) is 0. The van der Waals surface area contributed by atoms with Crippen LogP contribution in [0.5, 0.6) is 0 Å². The predicted molar refractivity (Wildman–Crippen MR) is 42.0 cm³/mol. The molecule has 1 unspecified atom stereocenters. The lowest BCUT2D eigenvalue weighted by atomic mass is 9.84. The van der Waals surface area contributed by atoms with Crippen molar-refractivity contribution in [1.82, 2.24) is 0 Å².